The number of hydrogen-bond acceptors (Lipinski definition) is 4. The molecule has 0 radical (unpaired) electrons. The zero-order valence-electron chi connectivity index (χ0n) is 15.3. The van der Waals surface area contributed by atoms with Gasteiger partial charge in [0.05, 0.1) is 11.5 Å². The minimum atomic E-state index is -3.65. The third-order valence-corrected chi connectivity index (χ3v) is 5.40. The highest BCUT2D eigenvalue weighted by atomic mass is 32.2. The number of hydrogen-bond donors (Lipinski definition) is 2. The standard InChI is InChI=1S/C21H22N2O3S/c1-3-26-19-12-14-20(15-13-19)27(24,25)23-18-10-8-17(9-11-18)22-21-7-5-4-6-16(21)2/h4-15,22-23H,3H2,1-2H3. The molecule has 3 aromatic rings. The van der Waals surface area contributed by atoms with Crippen molar-refractivity contribution in [2.24, 2.45) is 0 Å². The van der Waals surface area contributed by atoms with E-state index in [1.807, 2.05) is 50.2 Å². The first-order valence-electron chi connectivity index (χ1n) is 8.66. The molecule has 5 nitrogen and oxygen atoms in total. The van der Waals surface area contributed by atoms with Gasteiger partial charge in [0.2, 0.25) is 0 Å². The molecule has 0 spiro atoms. The van der Waals surface area contributed by atoms with Crippen molar-refractivity contribution in [3.63, 3.8) is 0 Å². The summed E-state index contributed by atoms with van der Waals surface area (Å²) in [6, 6.07) is 21.5. The van der Waals surface area contributed by atoms with Crippen LogP contribution in [-0.2, 0) is 10.0 Å². The molecule has 0 aliphatic rings. The van der Waals surface area contributed by atoms with Crippen molar-refractivity contribution in [2.45, 2.75) is 18.7 Å². The molecule has 6 heteroatoms. The molecule has 140 valence electrons. The first-order valence-corrected chi connectivity index (χ1v) is 10.1. The van der Waals surface area contributed by atoms with E-state index in [-0.39, 0.29) is 4.90 Å². The fourth-order valence-electron chi connectivity index (χ4n) is 2.59. The maximum atomic E-state index is 12.5. The largest absolute Gasteiger partial charge is 0.494 e. The zero-order valence-corrected chi connectivity index (χ0v) is 16.1. The molecule has 0 aromatic heterocycles. The Kier molecular flexibility index (Phi) is 5.66. The summed E-state index contributed by atoms with van der Waals surface area (Å²) >= 11 is 0. The molecule has 27 heavy (non-hydrogen) atoms. The Bertz CT molecular complexity index is 998. The van der Waals surface area contributed by atoms with Crippen LogP contribution in [0, 0.1) is 6.92 Å². The quantitative estimate of drug-likeness (QED) is 0.607. The van der Waals surface area contributed by atoms with E-state index in [1.54, 1.807) is 24.3 Å². The molecular formula is C21H22N2O3S. The van der Waals surface area contributed by atoms with Gasteiger partial charge in [-0.3, -0.25) is 4.72 Å². The maximum absolute atomic E-state index is 12.5. The molecule has 3 aromatic carbocycles. The van der Waals surface area contributed by atoms with E-state index in [1.165, 1.54) is 12.1 Å². The van der Waals surface area contributed by atoms with Gasteiger partial charge in [-0.1, -0.05) is 18.2 Å². The third kappa shape index (κ3) is 4.80. The number of para-hydroxylation sites is 1. The van der Waals surface area contributed by atoms with E-state index in [0.717, 1.165) is 16.9 Å². The van der Waals surface area contributed by atoms with Crippen LogP contribution in [0.4, 0.5) is 17.1 Å². The highest BCUT2D eigenvalue weighted by Crippen LogP contribution is 2.23. The Morgan fingerprint density at radius 3 is 2.11 bits per heavy atom. The van der Waals surface area contributed by atoms with E-state index >= 15 is 0 Å². The normalized spacial score (nSPS) is 11.0. The summed E-state index contributed by atoms with van der Waals surface area (Å²) in [5.74, 6) is 0.642. The number of rotatable bonds is 7. The fraction of sp³-hybridized carbons (Fsp3) is 0.143. The highest BCUT2D eigenvalue weighted by molar-refractivity contribution is 7.92. The maximum Gasteiger partial charge on any atom is 0.261 e. The summed E-state index contributed by atoms with van der Waals surface area (Å²) in [5, 5.41) is 3.32. The van der Waals surface area contributed by atoms with Crippen molar-refractivity contribution in [1.82, 2.24) is 0 Å². The van der Waals surface area contributed by atoms with Gasteiger partial charge in [-0.15, -0.1) is 0 Å². The minimum absolute atomic E-state index is 0.188. The SMILES string of the molecule is CCOc1ccc(S(=O)(=O)Nc2ccc(Nc3ccccc3C)cc2)cc1. The fourth-order valence-corrected chi connectivity index (χ4v) is 3.64. The molecule has 0 amide bonds. The Hall–Kier alpha value is -2.99. The summed E-state index contributed by atoms with van der Waals surface area (Å²) in [6.07, 6.45) is 0. The Morgan fingerprint density at radius 1 is 0.852 bits per heavy atom. The molecule has 0 heterocycles. The molecule has 0 fully saturated rings. The summed E-state index contributed by atoms with van der Waals surface area (Å²) < 4.78 is 33.0. The van der Waals surface area contributed by atoms with Gasteiger partial charge in [0, 0.05) is 17.1 Å². The van der Waals surface area contributed by atoms with Gasteiger partial charge in [0.15, 0.2) is 0 Å². The predicted octanol–water partition coefficient (Wildman–Crippen LogP) is 4.94. The number of nitrogens with one attached hydrogen (secondary N) is 2. The van der Waals surface area contributed by atoms with Gasteiger partial charge in [-0.05, 0) is 74.0 Å². The van der Waals surface area contributed by atoms with Gasteiger partial charge in [-0.2, -0.15) is 0 Å². The predicted molar refractivity (Wildman–Crippen MR) is 109 cm³/mol. The summed E-state index contributed by atoms with van der Waals surface area (Å²) in [6.45, 7) is 4.44. The van der Waals surface area contributed by atoms with Gasteiger partial charge < -0.3 is 10.1 Å². The lowest BCUT2D eigenvalue weighted by atomic mass is 10.2. The number of ether oxygens (including phenoxy) is 1. The van der Waals surface area contributed by atoms with Crippen LogP contribution in [0.15, 0.2) is 77.7 Å². The van der Waals surface area contributed by atoms with Crippen molar-refractivity contribution >= 4 is 27.1 Å². The molecule has 0 bridgehead atoms. The highest BCUT2D eigenvalue weighted by Gasteiger charge is 2.14. The number of anilines is 3. The lowest BCUT2D eigenvalue weighted by Gasteiger charge is -2.12. The molecule has 0 saturated heterocycles. The molecule has 0 atom stereocenters. The summed E-state index contributed by atoms with van der Waals surface area (Å²) in [4.78, 5) is 0.188. The van der Waals surface area contributed by atoms with Crippen LogP contribution >= 0.6 is 0 Å². The smallest absolute Gasteiger partial charge is 0.261 e. The van der Waals surface area contributed by atoms with Crippen LogP contribution in [0.2, 0.25) is 0 Å². The molecule has 0 aliphatic heterocycles. The average molecular weight is 382 g/mol. The monoisotopic (exact) mass is 382 g/mol. The van der Waals surface area contributed by atoms with Crippen LogP contribution in [0.3, 0.4) is 0 Å². The minimum Gasteiger partial charge on any atom is -0.494 e. The van der Waals surface area contributed by atoms with Crippen LogP contribution in [0.1, 0.15) is 12.5 Å². The van der Waals surface area contributed by atoms with Gasteiger partial charge in [0.25, 0.3) is 10.0 Å². The van der Waals surface area contributed by atoms with Crippen LogP contribution in [0.5, 0.6) is 5.75 Å². The summed E-state index contributed by atoms with van der Waals surface area (Å²) in [5.41, 5.74) is 3.53. The molecule has 0 aliphatic carbocycles. The molecule has 3 rings (SSSR count). The number of aryl methyl sites for hydroxylation is 1. The van der Waals surface area contributed by atoms with Crippen LogP contribution < -0.4 is 14.8 Å². The molecular weight excluding hydrogens is 360 g/mol. The van der Waals surface area contributed by atoms with Crippen molar-refractivity contribution in [3.8, 4) is 5.75 Å². The lowest BCUT2D eigenvalue weighted by Crippen LogP contribution is -2.12. The first-order chi connectivity index (χ1) is 13.0. The third-order valence-electron chi connectivity index (χ3n) is 4.01. The Morgan fingerprint density at radius 2 is 1.48 bits per heavy atom. The average Bonchev–Trinajstić information content (AvgIpc) is 2.66. The second-order valence-electron chi connectivity index (χ2n) is 6.03. The van der Waals surface area contributed by atoms with Crippen molar-refractivity contribution in [2.75, 3.05) is 16.6 Å². The van der Waals surface area contributed by atoms with Crippen molar-refractivity contribution in [1.29, 1.82) is 0 Å². The van der Waals surface area contributed by atoms with Crippen molar-refractivity contribution in [3.05, 3.63) is 78.4 Å². The van der Waals surface area contributed by atoms with Crippen LogP contribution in [0.25, 0.3) is 0 Å². The second kappa shape index (κ2) is 8.14. The zero-order chi connectivity index (χ0) is 19.3. The first kappa shape index (κ1) is 18.8. The lowest BCUT2D eigenvalue weighted by molar-refractivity contribution is 0.340. The van der Waals surface area contributed by atoms with Gasteiger partial charge >= 0.3 is 0 Å². The molecule has 2 N–H and O–H groups in total. The number of benzene rings is 3. The Labute approximate surface area is 160 Å². The van der Waals surface area contributed by atoms with E-state index in [9.17, 15) is 8.42 Å². The van der Waals surface area contributed by atoms with E-state index in [0.29, 0.717) is 18.0 Å². The topological polar surface area (TPSA) is 67.4 Å². The molecule has 0 saturated carbocycles. The Balaban J connectivity index is 1.70. The van der Waals surface area contributed by atoms with Gasteiger partial charge in [-0.25, -0.2) is 8.42 Å². The molecule has 0 unspecified atom stereocenters. The van der Waals surface area contributed by atoms with Crippen molar-refractivity contribution < 1.29 is 13.2 Å². The number of sulfonamides is 1. The van der Waals surface area contributed by atoms with E-state index in [2.05, 4.69) is 10.0 Å². The van der Waals surface area contributed by atoms with E-state index in [4.69, 9.17) is 4.74 Å². The summed E-state index contributed by atoms with van der Waals surface area (Å²) in [7, 11) is -3.65. The van der Waals surface area contributed by atoms with Crippen LogP contribution in [-0.4, -0.2) is 15.0 Å². The van der Waals surface area contributed by atoms with E-state index < -0.39 is 10.0 Å². The second-order valence-corrected chi connectivity index (χ2v) is 7.71. The van der Waals surface area contributed by atoms with Gasteiger partial charge in [0.1, 0.15) is 5.75 Å².